The Kier molecular flexibility index (Phi) is 3.70. The van der Waals surface area contributed by atoms with E-state index < -0.39 is 0 Å². The van der Waals surface area contributed by atoms with Crippen LogP contribution in [-0.2, 0) is 0 Å². The molecule has 2 nitrogen and oxygen atoms in total. The van der Waals surface area contributed by atoms with Gasteiger partial charge in [0.1, 0.15) is 0 Å². The van der Waals surface area contributed by atoms with Gasteiger partial charge in [0, 0.05) is 37.4 Å². The van der Waals surface area contributed by atoms with Gasteiger partial charge in [-0.2, -0.15) is 0 Å². The minimum Gasteiger partial charge on any atom is -0.370 e. The second kappa shape index (κ2) is 5.05. The number of hydrogen-bond donors (Lipinski definition) is 0. The van der Waals surface area contributed by atoms with E-state index in [9.17, 15) is 0 Å². The molecule has 0 radical (unpaired) electrons. The second-order valence-electron chi connectivity index (χ2n) is 5.26. The fourth-order valence-electron chi connectivity index (χ4n) is 2.71. The zero-order chi connectivity index (χ0) is 11.5. The number of piperazine rings is 1. The lowest BCUT2D eigenvalue weighted by Gasteiger charge is -2.44. The summed E-state index contributed by atoms with van der Waals surface area (Å²) in [7, 11) is 0. The quantitative estimate of drug-likeness (QED) is 0.706. The lowest BCUT2D eigenvalue weighted by Crippen LogP contribution is -2.53. The third-order valence-corrected chi connectivity index (χ3v) is 3.75. The van der Waals surface area contributed by atoms with Crippen LogP contribution in [0.1, 0.15) is 33.6 Å². The van der Waals surface area contributed by atoms with Crippen molar-refractivity contribution in [1.82, 2.24) is 9.80 Å². The normalized spacial score (nSPS) is 27.4. The fraction of sp³-hybridized carbons (Fsp3) is 0.714. The summed E-state index contributed by atoms with van der Waals surface area (Å²) in [5, 5.41) is 0. The molecule has 2 heteroatoms. The van der Waals surface area contributed by atoms with Gasteiger partial charge >= 0.3 is 0 Å². The Morgan fingerprint density at radius 2 is 2.12 bits per heavy atom. The first kappa shape index (κ1) is 11.7. The SMILES string of the molecule is CC(C)N1CCN(C2=CC=CCC2)[C@@H](C)C1. The van der Waals surface area contributed by atoms with Crippen LogP contribution in [0.15, 0.2) is 23.9 Å². The van der Waals surface area contributed by atoms with E-state index in [0.29, 0.717) is 12.1 Å². The molecule has 1 aliphatic carbocycles. The highest BCUT2D eigenvalue weighted by molar-refractivity contribution is 5.18. The predicted octanol–water partition coefficient (Wildman–Crippen LogP) is 2.63. The zero-order valence-corrected chi connectivity index (χ0v) is 10.8. The third-order valence-electron chi connectivity index (χ3n) is 3.75. The standard InChI is InChI=1S/C14H24N2/c1-12(2)15-9-10-16(13(3)11-15)14-7-5-4-6-8-14/h4-5,7,12-13H,6,8-11H2,1-3H3/t13-/m0/s1. The smallest absolute Gasteiger partial charge is 0.0386 e. The summed E-state index contributed by atoms with van der Waals surface area (Å²) in [6.07, 6.45) is 9.20. The first-order valence-corrected chi connectivity index (χ1v) is 6.55. The van der Waals surface area contributed by atoms with Crippen molar-refractivity contribution in [2.24, 2.45) is 0 Å². The van der Waals surface area contributed by atoms with Crippen LogP contribution in [0.4, 0.5) is 0 Å². The molecule has 2 rings (SSSR count). The maximum Gasteiger partial charge on any atom is 0.0386 e. The second-order valence-corrected chi connectivity index (χ2v) is 5.26. The van der Waals surface area contributed by atoms with Gasteiger partial charge in [-0.1, -0.05) is 12.2 Å². The van der Waals surface area contributed by atoms with E-state index >= 15 is 0 Å². The fourth-order valence-corrected chi connectivity index (χ4v) is 2.71. The van der Waals surface area contributed by atoms with Crippen molar-refractivity contribution in [2.45, 2.75) is 45.7 Å². The van der Waals surface area contributed by atoms with E-state index in [0.717, 1.165) is 0 Å². The first-order valence-electron chi connectivity index (χ1n) is 6.55. The Hall–Kier alpha value is -0.760. The monoisotopic (exact) mass is 220 g/mol. The van der Waals surface area contributed by atoms with Gasteiger partial charge in [-0.15, -0.1) is 0 Å². The van der Waals surface area contributed by atoms with Gasteiger partial charge in [-0.25, -0.2) is 0 Å². The molecule has 0 amide bonds. The summed E-state index contributed by atoms with van der Waals surface area (Å²) in [6, 6.07) is 1.35. The van der Waals surface area contributed by atoms with E-state index in [4.69, 9.17) is 0 Å². The van der Waals surface area contributed by atoms with E-state index in [1.54, 1.807) is 5.70 Å². The van der Waals surface area contributed by atoms with Crippen LogP contribution in [-0.4, -0.2) is 41.5 Å². The molecule has 1 aliphatic heterocycles. The number of nitrogens with zero attached hydrogens (tertiary/aromatic N) is 2. The van der Waals surface area contributed by atoms with Crippen LogP contribution in [0.5, 0.6) is 0 Å². The minimum atomic E-state index is 0.661. The first-order chi connectivity index (χ1) is 7.68. The average Bonchev–Trinajstić information content (AvgIpc) is 2.30. The van der Waals surface area contributed by atoms with Gasteiger partial charge in [0.05, 0.1) is 0 Å². The van der Waals surface area contributed by atoms with E-state index in [2.05, 4.69) is 48.8 Å². The summed E-state index contributed by atoms with van der Waals surface area (Å²) in [5.41, 5.74) is 1.54. The zero-order valence-electron chi connectivity index (χ0n) is 10.8. The van der Waals surface area contributed by atoms with Crippen LogP contribution in [0.3, 0.4) is 0 Å². The summed E-state index contributed by atoms with van der Waals surface area (Å²) in [5.74, 6) is 0. The molecular weight excluding hydrogens is 196 g/mol. The Labute approximate surface area is 99.6 Å². The van der Waals surface area contributed by atoms with Crippen molar-refractivity contribution in [1.29, 1.82) is 0 Å². The molecule has 1 atom stereocenters. The molecule has 90 valence electrons. The maximum atomic E-state index is 2.60. The summed E-state index contributed by atoms with van der Waals surface area (Å²) < 4.78 is 0. The van der Waals surface area contributed by atoms with Crippen LogP contribution < -0.4 is 0 Å². The molecule has 0 bridgehead atoms. The molecule has 1 fully saturated rings. The summed E-state index contributed by atoms with van der Waals surface area (Å²) >= 11 is 0. The lowest BCUT2D eigenvalue weighted by molar-refractivity contribution is 0.0854. The highest BCUT2D eigenvalue weighted by atomic mass is 15.3. The molecule has 0 aromatic heterocycles. The molecule has 2 aliphatic rings. The van der Waals surface area contributed by atoms with Gasteiger partial charge < -0.3 is 4.90 Å². The topological polar surface area (TPSA) is 6.48 Å². The molecular formula is C14H24N2. The molecule has 0 spiro atoms. The highest BCUT2D eigenvalue weighted by Crippen LogP contribution is 2.22. The number of hydrogen-bond acceptors (Lipinski definition) is 2. The van der Waals surface area contributed by atoms with Crippen molar-refractivity contribution >= 4 is 0 Å². The number of allylic oxidation sites excluding steroid dienone is 4. The molecule has 1 heterocycles. The molecule has 0 aromatic carbocycles. The van der Waals surface area contributed by atoms with Crippen molar-refractivity contribution in [3.63, 3.8) is 0 Å². The van der Waals surface area contributed by atoms with Gasteiger partial charge in [-0.05, 0) is 39.7 Å². The predicted molar refractivity (Wildman–Crippen MR) is 69.3 cm³/mol. The van der Waals surface area contributed by atoms with Crippen LogP contribution in [0, 0.1) is 0 Å². The van der Waals surface area contributed by atoms with E-state index in [1.165, 1.54) is 32.5 Å². The average molecular weight is 220 g/mol. The van der Waals surface area contributed by atoms with Crippen molar-refractivity contribution in [2.75, 3.05) is 19.6 Å². The number of rotatable bonds is 2. The Morgan fingerprint density at radius 1 is 1.31 bits per heavy atom. The molecule has 0 N–H and O–H groups in total. The van der Waals surface area contributed by atoms with E-state index in [-0.39, 0.29) is 0 Å². The van der Waals surface area contributed by atoms with Gasteiger partial charge in [-0.3, -0.25) is 4.90 Å². The molecule has 0 saturated carbocycles. The third kappa shape index (κ3) is 2.49. The molecule has 16 heavy (non-hydrogen) atoms. The van der Waals surface area contributed by atoms with Crippen LogP contribution in [0.2, 0.25) is 0 Å². The lowest BCUT2D eigenvalue weighted by atomic mass is 10.1. The summed E-state index contributed by atoms with van der Waals surface area (Å²) in [6.45, 7) is 10.6. The Morgan fingerprint density at radius 3 is 2.69 bits per heavy atom. The van der Waals surface area contributed by atoms with Crippen LogP contribution >= 0.6 is 0 Å². The van der Waals surface area contributed by atoms with Gasteiger partial charge in [0.2, 0.25) is 0 Å². The van der Waals surface area contributed by atoms with Crippen molar-refractivity contribution in [3.05, 3.63) is 23.9 Å². The van der Waals surface area contributed by atoms with Crippen molar-refractivity contribution < 1.29 is 0 Å². The van der Waals surface area contributed by atoms with Gasteiger partial charge in [0.15, 0.2) is 0 Å². The van der Waals surface area contributed by atoms with E-state index in [1.807, 2.05) is 0 Å². The van der Waals surface area contributed by atoms with Gasteiger partial charge in [0.25, 0.3) is 0 Å². The maximum absolute atomic E-state index is 2.60. The van der Waals surface area contributed by atoms with Crippen LogP contribution in [0.25, 0.3) is 0 Å². The Bertz CT molecular complexity index is 291. The Balaban J connectivity index is 1.98. The largest absolute Gasteiger partial charge is 0.370 e. The minimum absolute atomic E-state index is 0.661. The molecule has 1 saturated heterocycles. The molecule has 0 aromatic rings. The highest BCUT2D eigenvalue weighted by Gasteiger charge is 2.26. The summed E-state index contributed by atoms with van der Waals surface area (Å²) in [4.78, 5) is 5.18. The molecule has 0 unspecified atom stereocenters. The van der Waals surface area contributed by atoms with Crippen molar-refractivity contribution in [3.8, 4) is 0 Å².